The van der Waals surface area contributed by atoms with Crippen molar-refractivity contribution in [2.45, 2.75) is 44.9 Å². The van der Waals surface area contributed by atoms with E-state index < -0.39 is 18.9 Å². The lowest BCUT2D eigenvalue weighted by atomic mass is 9.87. The zero-order valence-corrected chi connectivity index (χ0v) is 20.2. The largest absolute Gasteiger partial charge is 0.493 e. The van der Waals surface area contributed by atoms with Crippen molar-refractivity contribution in [2.24, 2.45) is 5.92 Å². The van der Waals surface area contributed by atoms with Crippen LogP contribution >= 0.6 is 0 Å². The molecule has 0 unspecified atom stereocenters. The Morgan fingerprint density at radius 1 is 1.03 bits per heavy atom. The average Bonchev–Trinajstić information content (AvgIpc) is 2.84. The second kappa shape index (κ2) is 17.7. The van der Waals surface area contributed by atoms with Crippen LogP contribution in [0, 0.1) is 5.92 Å². The fourth-order valence-corrected chi connectivity index (χ4v) is 3.36. The Morgan fingerprint density at radius 3 is 2.14 bits per heavy atom. The molecule has 2 rings (SSSR count). The van der Waals surface area contributed by atoms with Crippen molar-refractivity contribution < 1.29 is 39.5 Å². The lowest BCUT2D eigenvalue weighted by Crippen LogP contribution is -2.53. The van der Waals surface area contributed by atoms with Gasteiger partial charge in [-0.3, -0.25) is 20.7 Å². The maximum atomic E-state index is 12.0. The zero-order chi connectivity index (χ0) is 26.1. The third-order valence-corrected chi connectivity index (χ3v) is 5.21. The van der Waals surface area contributed by atoms with Gasteiger partial charge in [0, 0.05) is 12.1 Å². The van der Waals surface area contributed by atoms with Crippen molar-refractivity contribution in [2.75, 3.05) is 33.9 Å². The summed E-state index contributed by atoms with van der Waals surface area (Å²) in [4.78, 5) is 22.6. The van der Waals surface area contributed by atoms with Crippen LogP contribution in [0.3, 0.4) is 0 Å². The Kier molecular flexibility index (Phi) is 15.3. The van der Waals surface area contributed by atoms with Crippen molar-refractivity contribution in [3.8, 4) is 11.5 Å². The summed E-state index contributed by atoms with van der Waals surface area (Å²) in [5.74, 6) is 0.357. The van der Waals surface area contributed by atoms with Gasteiger partial charge in [-0.1, -0.05) is 13.0 Å². The molecule has 0 aromatic heterocycles. The van der Waals surface area contributed by atoms with Crippen LogP contribution < -0.4 is 30.7 Å². The Hall–Kier alpha value is -2.74. The molecule has 0 saturated heterocycles. The van der Waals surface area contributed by atoms with Crippen LogP contribution in [-0.4, -0.2) is 78.5 Å². The maximum Gasteiger partial charge on any atom is 0.341 e. The number of methoxy groups -OCH3 is 1. The van der Waals surface area contributed by atoms with Crippen LogP contribution in [0.1, 0.15) is 38.2 Å². The molecule has 8 N–H and O–H groups in total. The van der Waals surface area contributed by atoms with Gasteiger partial charge in [0.1, 0.15) is 6.29 Å². The molecular weight excluding hydrogens is 460 g/mol. The summed E-state index contributed by atoms with van der Waals surface area (Å²) in [5, 5.41) is 44.2. The van der Waals surface area contributed by atoms with Crippen LogP contribution in [0.2, 0.25) is 0 Å². The van der Waals surface area contributed by atoms with E-state index in [0.29, 0.717) is 11.5 Å². The third kappa shape index (κ3) is 13.1. The van der Waals surface area contributed by atoms with Crippen LogP contribution in [0.5, 0.6) is 11.5 Å². The molecule has 1 aromatic carbocycles. The molecule has 35 heavy (non-hydrogen) atoms. The highest BCUT2D eigenvalue weighted by Crippen LogP contribution is 2.28. The number of benzene rings is 1. The number of hydrogen-bond acceptors (Lipinski definition) is 10. The maximum absolute atomic E-state index is 12.0. The summed E-state index contributed by atoms with van der Waals surface area (Å²) in [6, 6.07) is 5.33. The molecule has 1 aliphatic carbocycles. The van der Waals surface area contributed by atoms with Crippen LogP contribution in [0.15, 0.2) is 24.3 Å². The number of ether oxygens (including phenoxy) is 2. The van der Waals surface area contributed by atoms with Crippen molar-refractivity contribution >= 4 is 18.0 Å². The van der Waals surface area contributed by atoms with E-state index in [1.54, 1.807) is 24.3 Å². The molecule has 0 bridgehead atoms. The molecule has 1 aromatic rings. The van der Waals surface area contributed by atoms with Crippen molar-refractivity contribution in [3.05, 3.63) is 29.8 Å². The lowest BCUT2D eigenvalue weighted by Gasteiger charge is -2.26. The number of nitrogens with one attached hydrogen (secondary N) is 4. The molecule has 0 spiro atoms. The van der Waals surface area contributed by atoms with E-state index in [9.17, 15) is 9.59 Å². The molecule has 12 heteroatoms. The highest BCUT2D eigenvalue weighted by atomic mass is 16.5. The number of carboxylic acid groups (broad SMARTS) is 1. The standard InChI is InChI=1S/C19H25NO5.C4H13N3O3/c1-13-3-7-15(8-4-13)20-18(21)10-6-14-5-9-16(17(11-14)24-2)25-12-19(22)23;8-1-5-4(6-2-9)7-3-10/h5-6,9-11,13,15H,3-4,7-8,12H2,1-2H3,(H,20,21)(H,22,23);4-10H,1-3H2/t13-,15-;. The van der Waals surface area contributed by atoms with E-state index >= 15 is 0 Å². The minimum Gasteiger partial charge on any atom is -0.493 e. The van der Waals surface area contributed by atoms with Gasteiger partial charge in [0.05, 0.1) is 27.3 Å². The predicted molar refractivity (Wildman–Crippen MR) is 129 cm³/mol. The molecule has 1 amide bonds. The van der Waals surface area contributed by atoms with E-state index in [0.717, 1.165) is 37.2 Å². The van der Waals surface area contributed by atoms with Gasteiger partial charge in [-0.2, -0.15) is 0 Å². The summed E-state index contributed by atoms with van der Waals surface area (Å²) >= 11 is 0. The molecule has 12 nitrogen and oxygen atoms in total. The number of aliphatic hydroxyl groups is 3. The number of carbonyl (C=O) groups excluding carboxylic acids is 1. The summed E-state index contributed by atoms with van der Waals surface area (Å²) in [5.41, 5.74) is 0.770. The van der Waals surface area contributed by atoms with Crippen molar-refractivity contribution in [3.63, 3.8) is 0 Å². The van der Waals surface area contributed by atoms with E-state index in [4.69, 9.17) is 29.9 Å². The van der Waals surface area contributed by atoms with Crippen LogP contribution in [0.4, 0.5) is 0 Å². The average molecular weight is 499 g/mol. The second-order valence-corrected chi connectivity index (χ2v) is 7.91. The summed E-state index contributed by atoms with van der Waals surface area (Å²) in [7, 11) is 1.48. The quantitative estimate of drug-likeness (QED) is 0.133. The van der Waals surface area contributed by atoms with Crippen LogP contribution in [-0.2, 0) is 9.59 Å². The second-order valence-electron chi connectivity index (χ2n) is 7.91. The first-order valence-electron chi connectivity index (χ1n) is 11.4. The van der Waals surface area contributed by atoms with Gasteiger partial charge in [0.25, 0.3) is 0 Å². The molecule has 0 heterocycles. The minimum atomic E-state index is -1.06. The molecule has 0 atom stereocenters. The van der Waals surface area contributed by atoms with E-state index in [2.05, 4.69) is 28.2 Å². The predicted octanol–water partition coefficient (Wildman–Crippen LogP) is -0.245. The number of carbonyl (C=O) groups is 2. The highest BCUT2D eigenvalue weighted by molar-refractivity contribution is 5.92. The monoisotopic (exact) mass is 498 g/mol. The Bertz CT molecular complexity index is 771. The Labute approximate surface area is 205 Å². The van der Waals surface area contributed by atoms with Crippen molar-refractivity contribution in [1.29, 1.82) is 0 Å². The van der Waals surface area contributed by atoms with Crippen LogP contribution in [0.25, 0.3) is 6.08 Å². The SMILES string of the molecule is COc1cc(C=CC(=O)N[C@H]2CC[C@H](C)CC2)ccc1OCC(=O)O.OCNC(NCO)NCO. The fourth-order valence-electron chi connectivity index (χ4n) is 3.36. The topological polar surface area (TPSA) is 182 Å². The molecule has 0 aliphatic heterocycles. The van der Waals surface area contributed by atoms with Crippen molar-refractivity contribution in [1.82, 2.24) is 21.3 Å². The van der Waals surface area contributed by atoms with E-state index in [1.165, 1.54) is 13.2 Å². The molecule has 0 radical (unpaired) electrons. The van der Waals surface area contributed by atoms with Gasteiger partial charge in [0.2, 0.25) is 5.91 Å². The molecule has 1 saturated carbocycles. The van der Waals surface area contributed by atoms with Gasteiger partial charge in [-0.25, -0.2) is 4.79 Å². The van der Waals surface area contributed by atoms with Gasteiger partial charge in [-0.15, -0.1) is 0 Å². The number of rotatable bonds is 13. The Morgan fingerprint density at radius 2 is 1.63 bits per heavy atom. The summed E-state index contributed by atoms with van der Waals surface area (Å²) < 4.78 is 10.4. The number of hydrogen-bond donors (Lipinski definition) is 8. The number of aliphatic hydroxyl groups excluding tert-OH is 3. The lowest BCUT2D eigenvalue weighted by molar-refractivity contribution is -0.139. The van der Waals surface area contributed by atoms with Gasteiger partial charge in [0.15, 0.2) is 18.1 Å². The normalized spacial score (nSPS) is 17.5. The molecule has 198 valence electrons. The molecule has 1 aliphatic rings. The fraction of sp³-hybridized carbons (Fsp3) is 0.565. The number of amides is 1. The third-order valence-electron chi connectivity index (χ3n) is 5.21. The molecule has 1 fully saturated rings. The Balaban J connectivity index is 0.000000518. The van der Waals surface area contributed by atoms with E-state index in [1.807, 2.05) is 0 Å². The van der Waals surface area contributed by atoms with Gasteiger partial charge >= 0.3 is 5.97 Å². The first kappa shape index (κ1) is 30.3. The number of aliphatic carboxylic acids is 1. The molecular formula is C23H38N4O8. The summed E-state index contributed by atoms with van der Waals surface area (Å²) in [6.07, 6.45) is 7.11. The smallest absolute Gasteiger partial charge is 0.341 e. The number of carboxylic acids is 1. The van der Waals surface area contributed by atoms with Gasteiger partial charge < -0.3 is 35.2 Å². The first-order chi connectivity index (χ1) is 16.8. The summed E-state index contributed by atoms with van der Waals surface area (Å²) in [6.45, 7) is 1.11. The first-order valence-corrected chi connectivity index (χ1v) is 11.4. The minimum absolute atomic E-state index is 0.107. The highest BCUT2D eigenvalue weighted by Gasteiger charge is 2.18. The van der Waals surface area contributed by atoms with Gasteiger partial charge in [-0.05, 0) is 55.4 Å². The zero-order valence-electron chi connectivity index (χ0n) is 20.2. The van der Waals surface area contributed by atoms with E-state index in [-0.39, 0.29) is 32.1 Å².